The number of para-hydroxylation sites is 1. The maximum Gasteiger partial charge on any atom is 0.333 e. The third kappa shape index (κ3) is 5.25. The summed E-state index contributed by atoms with van der Waals surface area (Å²) in [5.41, 5.74) is 1.05. The van der Waals surface area contributed by atoms with Crippen LogP contribution in [0.15, 0.2) is 76.3 Å². The summed E-state index contributed by atoms with van der Waals surface area (Å²) < 4.78 is 7.37. The van der Waals surface area contributed by atoms with Gasteiger partial charge >= 0.3 is 5.69 Å². The Morgan fingerprint density at radius 1 is 1.03 bits per heavy atom. The van der Waals surface area contributed by atoms with Gasteiger partial charge in [0, 0.05) is 18.3 Å². The molecule has 1 N–H and O–H groups in total. The number of halogens is 1. The smallest absolute Gasteiger partial charge is 0.333 e. The van der Waals surface area contributed by atoms with Crippen LogP contribution in [0.3, 0.4) is 0 Å². The van der Waals surface area contributed by atoms with Gasteiger partial charge in [0.25, 0.3) is 11.5 Å². The van der Waals surface area contributed by atoms with Gasteiger partial charge in [-0.2, -0.15) is 0 Å². The van der Waals surface area contributed by atoms with Crippen molar-refractivity contribution in [3.05, 3.63) is 104 Å². The fourth-order valence-corrected chi connectivity index (χ4v) is 5.08. The number of hydrogen-bond donors (Lipinski definition) is 1. The second kappa shape index (κ2) is 10.4. The molecule has 198 valence electrons. The monoisotopic (exact) mass is 549 g/mol. The zero-order chi connectivity index (χ0) is 27.8. The van der Waals surface area contributed by atoms with E-state index in [0.29, 0.717) is 22.2 Å². The molecule has 7 nitrogen and oxygen atoms in total. The third-order valence-corrected chi connectivity index (χ3v) is 12.1. The van der Waals surface area contributed by atoms with Gasteiger partial charge in [-0.25, -0.2) is 9.36 Å². The first kappa shape index (κ1) is 27.6. The number of anilines is 1. The summed E-state index contributed by atoms with van der Waals surface area (Å²) in [5.74, 6) is -0.303. The Hall–Kier alpha value is -3.46. The minimum atomic E-state index is -2.09. The summed E-state index contributed by atoms with van der Waals surface area (Å²) >= 11 is 6.48. The highest BCUT2D eigenvalue weighted by Crippen LogP contribution is 2.37. The molecule has 0 saturated carbocycles. The summed E-state index contributed by atoms with van der Waals surface area (Å²) in [7, 11) is -0.430. The lowest BCUT2D eigenvalue weighted by atomic mass is 10.1. The predicted octanol–water partition coefficient (Wildman–Crippen LogP) is 6.13. The third-order valence-electron chi connectivity index (χ3n) is 7.29. The van der Waals surface area contributed by atoms with Gasteiger partial charge in [-0.15, -0.1) is 0 Å². The van der Waals surface area contributed by atoms with E-state index in [1.54, 1.807) is 25.2 Å². The summed E-state index contributed by atoms with van der Waals surface area (Å²) in [5, 5.41) is 0.519. The van der Waals surface area contributed by atoms with E-state index >= 15 is 0 Å². The number of amides is 1. The molecule has 0 atom stereocenters. The Morgan fingerprint density at radius 3 is 2.37 bits per heavy atom. The van der Waals surface area contributed by atoms with Crippen molar-refractivity contribution in [3.8, 4) is 5.69 Å². The molecule has 1 aromatic heterocycles. The van der Waals surface area contributed by atoms with Gasteiger partial charge in [0.2, 0.25) is 0 Å². The van der Waals surface area contributed by atoms with E-state index in [1.165, 1.54) is 17.0 Å². The van der Waals surface area contributed by atoms with Crippen molar-refractivity contribution in [2.45, 2.75) is 45.5 Å². The number of nitrogens with zero attached hydrogens (tertiary/aromatic N) is 2. The lowest BCUT2D eigenvalue weighted by Crippen LogP contribution is -2.40. The van der Waals surface area contributed by atoms with E-state index in [9.17, 15) is 14.4 Å². The summed E-state index contributed by atoms with van der Waals surface area (Å²) in [4.78, 5) is 44.5. The second-order valence-electron chi connectivity index (χ2n) is 10.8. The van der Waals surface area contributed by atoms with E-state index in [0.717, 1.165) is 4.57 Å². The van der Waals surface area contributed by atoms with E-state index < -0.39 is 19.6 Å². The van der Waals surface area contributed by atoms with E-state index in [1.807, 2.05) is 36.4 Å². The molecule has 0 aliphatic rings. The van der Waals surface area contributed by atoms with Crippen LogP contribution in [-0.2, 0) is 11.0 Å². The standard InChI is InChI=1S/C29H32ClN3O4Si/c1-29(2,3)38(5,6)37-18-20-11-10-14-23-25(20)27(35)33(28(36)31-23)24-17-19(15-16-22(24)30)26(34)32(4)21-12-8-7-9-13-21/h7-17H,18H2,1-6H3,(H,31,36). The molecule has 0 radical (unpaired) electrons. The first-order valence-corrected chi connectivity index (χ1v) is 15.6. The van der Waals surface area contributed by atoms with E-state index in [-0.39, 0.29) is 33.8 Å². The van der Waals surface area contributed by atoms with Gasteiger partial charge < -0.3 is 14.3 Å². The first-order valence-electron chi connectivity index (χ1n) is 12.4. The normalized spacial score (nSPS) is 12.1. The average molecular weight is 550 g/mol. The van der Waals surface area contributed by atoms with Gasteiger partial charge in [-0.1, -0.05) is 62.7 Å². The van der Waals surface area contributed by atoms with Crippen molar-refractivity contribution < 1.29 is 9.22 Å². The molecule has 0 fully saturated rings. The van der Waals surface area contributed by atoms with Crippen LogP contribution in [-0.4, -0.2) is 30.8 Å². The zero-order valence-corrected chi connectivity index (χ0v) is 24.2. The highest BCUT2D eigenvalue weighted by Gasteiger charge is 2.37. The van der Waals surface area contributed by atoms with Crippen LogP contribution in [0.25, 0.3) is 16.6 Å². The Bertz CT molecular complexity index is 1620. The maximum absolute atomic E-state index is 13.8. The van der Waals surface area contributed by atoms with Crippen LogP contribution in [0.5, 0.6) is 0 Å². The molecular formula is C29H32ClN3O4Si. The molecule has 0 aliphatic carbocycles. The lowest BCUT2D eigenvalue weighted by Gasteiger charge is -2.36. The Morgan fingerprint density at radius 2 is 1.71 bits per heavy atom. The van der Waals surface area contributed by atoms with Crippen molar-refractivity contribution in [2.75, 3.05) is 11.9 Å². The number of carbonyl (C=O) groups excluding carboxylic acids is 1. The molecule has 0 unspecified atom stereocenters. The predicted molar refractivity (Wildman–Crippen MR) is 156 cm³/mol. The number of aromatic nitrogens is 2. The molecule has 3 aromatic carbocycles. The fraction of sp³-hybridized carbons (Fsp3) is 0.276. The van der Waals surface area contributed by atoms with Crippen molar-refractivity contribution in [3.63, 3.8) is 0 Å². The van der Waals surface area contributed by atoms with Crippen LogP contribution in [0.1, 0.15) is 36.7 Å². The van der Waals surface area contributed by atoms with Gasteiger partial charge in [-0.3, -0.25) is 9.59 Å². The summed E-state index contributed by atoms with van der Waals surface area (Å²) in [6.07, 6.45) is 0. The second-order valence-corrected chi connectivity index (χ2v) is 16.0. The number of benzene rings is 3. The Labute approximate surface area is 227 Å². The van der Waals surface area contributed by atoms with Crippen LogP contribution in [0.2, 0.25) is 23.2 Å². The molecule has 0 spiro atoms. The maximum atomic E-state index is 13.8. The molecular weight excluding hydrogens is 518 g/mol. The molecule has 1 amide bonds. The van der Waals surface area contributed by atoms with Crippen LogP contribution in [0.4, 0.5) is 5.69 Å². The van der Waals surface area contributed by atoms with Gasteiger partial charge in [0.05, 0.1) is 28.2 Å². The number of rotatable bonds is 6. The number of fused-ring (bicyclic) bond motifs is 1. The number of aromatic amines is 1. The van der Waals surface area contributed by atoms with E-state index in [4.69, 9.17) is 16.0 Å². The highest BCUT2D eigenvalue weighted by molar-refractivity contribution is 6.74. The van der Waals surface area contributed by atoms with Crippen LogP contribution >= 0.6 is 11.6 Å². The lowest BCUT2D eigenvalue weighted by molar-refractivity contribution is 0.0993. The van der Waals surface area contributed by atoms with Gasteiger partial charge in [0.1, 0.15) is 0 Å². The number of carbonyl (C=O) groups is 1. The topological polar surface area (TPSA) is 84.4 Å². The van der Waals surface area contributed by atoms with Crippen LogP contribution in [0, 0.1) is 0 Å². The molecule has 0 aliphatic heterocycles. The molecule has 0 bridgehead atoms. The molecule has 0 saturated heterocycles. The van der Waals surface area contributed by atoms with Crippen LogP contribution < -0.4 is 16.1 Å². The summed E-state index contributed by atoms with van der Waals surface area (Å²) in [6, 6.07) is 19.1. The van der Waals surface area contributed by atoms with Crippen molar-refractivity contribution in [1.29, 1.82) is 0 Å². The SMILES string of the molecule is CN(C(=O)c1ccc(Cl)c(-n2c(=O)[nH]c3cccc(CO[Si](C)(C)C(C)(C)C)c3c2=O)c1)c1ccccc1. The minimum Gasteiger partial charge on any atom is -0.413 e. The molecule has 1 heterocycles. The largest absolute Gasteiger partial charge is 0.413 e. The van der Waals surface area contributed by atoms with Crippen molar-refractivity contribution in [1.82, 2.24) is 9.55 Å². The highest BCUT2D eigenvalue weighted by atomic mass is 35.5. The van der Waals surface area contributed by atoms with Crippen molar-refractivity contribution in [2.24, 2.45) is 0 Å². The number of nitrogens with one attached hydrogen (secondary N) is 1. The Kier molecular flexibility index (Phi) is 7.52. The molecule has 4 aromatic rings. The van der Waals surface area contributed by atoms with E-state index in [2.05, 4.69) is 38.8 Å². The summed E-state index contributed by atoms with van der Waals surface area (Å²) in [6.45, 7) is 11.0. The molecule has 9 heteroatoms. The quantitative estimate of drug-likeness (QED) is 0.293. The fourth-order valence-electron chi connectivity index (χ4n) is 3.93. The minimum absolute atomic E-state index is 0.000481. The Balaban J connectivity index is 1.81. The van der Waals surface area contributed by atoms with Crippen molar-refractivity contribution >= 4 is 42.4 Å². The van der Waals surface area contributed by atoms with Gasteiger partial charge in [-0.05, 0) is 60.1 Å². The zero-order valence-electron chi connectivity index (χ0n) is 22.5. The van der Waals surface area contributed by atoms with Gasteiger partial charge in [0.15, 0.2) is 8.32 Å². The number of hydrogen-bond acceptors (Lipinski definition) is 4. The number of H-pyrrole nitrogens is 1. The first-order chi connectivity index (χ1) is 17.8. The molecule has 4 rings (SSSR count). The average Bonchev–Trinajstić information content (AvgIpc) is 2.87. The molecule has 38 heavy (non-hydrogen) atoms.